The molecule has 1 atom stereocenters. The van der Waals surface area contributed by atoms with Crippen LogP contribution in [0.25, 0.3) is 39.5 Å². The van der Waals surface area contributed by atoms with Gasteiger partial charge in [-0.2, -0.15) is 0 Å². The number of aromatic nitrogens is 3. The normalized spacial score (nSPS) is 12.1. The van der Waals surface area contributed by atoms with Gasteiger partial charge in [0.2, 0.25) is 5.78 Å². The number of rotatable bonds is 6. The third-order valence-electron chi connectivity index (χ3n) is 6.38. The summed E-state index contributed by atoms with van der Waals surface area (Å²) in [6.45, 7) is 0.393. The fraction of sp³-hybridized carbons (Fsp3) is 0.0645. The second-order valence-corrected chi connectivity index (χ2v) is 8.63. The van der Waals surface area contributed by atoms with Crippen LogP contribution in [0.1, 0.15) is 11.7 Å². The Bertz CT molecular complexity index is 1550. The zero-order valence-corrected chi connectivity index (χ0v) is 19.2. The first-order chi connectivity index (χ1) is 17.3. The summed E-state index contributed by atoms with van der Waals surface area (Å²) in [5, 5.41) is 11.2. The molecule has 4 nitrogen and oxygen atoms in total. The van der Waals surface area contributed by atoms with Crippen molar-refractivity contribution in [2.75, 3.05) is 0 Å². The fourth-order valence-corrected chi connectivity index (χ4v) is 4.68. The summed E-state index contributed by atoms with van der Waals surface area (Å²) in [7, 11) is 0. The quantitative estimate of drug-likeness (QED) is 0.298. The van der Waals surface area contributed by atoms with Crippen LogP contribution in [0.5, 0.6) is 0 Å². The number of nitrogens with zero attached hydrogens (tertiary/aromatic N) is 3. The molecule has 0 saturated heterocycles. The van der Waals surface area contributed by atoms with Gasteiger partial charge in [0, 0.05) is 17.3 Å². The molecule has 0 aliphatic carbocycles. The van der Waals surface area contributed by atoms with Crippen molar-refractivity contribution in [2.45, 2.75) is 12.6 Å². The molecule has 0 aliphatic rings. The average molecular weight is 456 g/mol. The zero-order valence-electron chi connectivity index (χ0n) is 19.2. The van der Waals surface area contributed by atoms with Gasteiger partial charge in [0.05, 0.1) is 29.7 Å². The second kappa shape index (κ2) is 9.09. The molecule has 0 fully saturated rings. The number of aliphatic hydroxyl groups excluding tert-OH is 1. The van der Waals surface area contributed by atoms with Gasteiger partial charge in [0.25, 0.3) is 0 Å². The Balaban J connectivity index is 1.60. The predicted octanol–water partition coefficient (Wildman–Crippen LogP) is 6.87. The Morgan fingerprint density at radius 2 is 1.14 bits per heavy atom. The summed E-state index contributed by atoms with van der Waals surface area (Å²) in [6, 6.07) is 40.7. The predicted molar refractivity (Wildman–Crippen MR) is 141 cm³/mol. The van der Waals surface area contributed by atoms with Crippen molar-refractivity contribution >= 4 is 5.78 Å². The van der Waals surface area contributed by atoms with Crippen LogP contribution in [0, 0.1) is 0 Å². The third kappa shape index (κ3) is 3.94. The molecule has 0 saturated carbocycles. The van der Waals surface area contributed by atoms with E-state index in [2.05, 4.69) is 63.7 Å². The van der Waals surface area contributed by atoms with Crippen LogP contribution in [0.15, 0.2) is 128 Å². The molecule has 2 heterocycles. The lowest BCUT2D eigenvalue weighted by Crippen LogP contribution is -2.10. The number of aliphatic hydroxyl groups is 1. The molecule has 35 heavy (non-hydrogen) atoms. The molecule has 2 aromatic heterocycles. The van der Waals surface area contributed by atoms with Crippen molar-refractivity contribution in [3.05, 3.63) is 133 Å². The minimum atomic E-state index is -0.660. The van der Waals surface area contributed by atoms with Crippen molar-refractivity contribution in [1.82, 2.24) is 14.0 Å². The molecular weight excluding hydrogens is 430 g/mol. The Kier molecular flexibility index (Phi) is 5.49. The van der Waals surface area contributed by atoms with Crippen LogP contribution in [-0.4, -0.2) is 19.1 Å². The first kappa shape index (κ1) is 21.1. The van der Waals surface area contributed by atoms with Crippen molar-refractivity contribution in [2.24, 2.45) is 0 Å². The van der Waals surface area contributed by atoms with Gasteiger partial charge in [-0.1, -0.05) is 121 Å². The molecule has 1 N–H and O–H groups in total. The van der Waals surface area contributed by atoms with E-state index in [1.807, 2.05) is 72.8 Å². The van der Waals surface area contributed by atoms with Gasteiger partial charge < -0.3 is 9.67 Å². The van der Waals surface area contributed by atoms with E-state index in [0.717, 1.165) is 45.1 Å². The van der Waals surface area contributed by atoms with Crippen LogP contribution in [0.2, 0.25) is 0 Å². The van der Waals surface area contributed by atoms with Crippen LogP contribution >= 0.6 is 0 Å². The number of benzene rings is 4. The van der Waals surface area contributed by atoms with Crippen molar-refractivity contribution in [3.63, 3.8) is 0 Å². The number of hydrogen-bond donors (Lipinski definition) is 1. The van der Waals surface area contributed by atoms with E-state index in [0.29, 0.717) is 6.54 Å². The second-order valence-electron chi connectivity index (χ2n) is 8.63. The standard InChI is InChI=1S/C31H25N3O/c35-28(24-15-7-2-8-16-24)22-33-27(23-13-5-1-6-14-23)21-34-30(26-19-11-4-12-20-26)29(32-31(33)34)25-17-9-3-10-18-25/h1-21,28,35H,22H2/t28-/m1/s1. The summed E-state index contributed by atoms with van der Waals surface area (Å²) >= 11 is 0. The maximum absolute atomic E-state index is 11.2. The van der Waals surface area contributed by atoms with E-state index in [1.165, 1.54) is 0 Å². The van der Waals surface area contributed by atoms with Gasteiger partial charge >= 0.3 is 0 Å². The molecule has 0 bridgehead atoms. The summed E-state index contributed by atoms with van der Waals surface area (Å²) in [5.41, 5.74) is 7.10. The highest BCUT2D eigenvalue weighted by Gasteiger charge is 2.23. The van der Waals surface area contributed by atoms with E-state index in [1.54, 1.807) is 0 Å². The molecule has 0 radical (unpaired) electrons. The lowest BCUT2D eigenvalue weighted by molar-refractivity contribution is 0.158. The molecule has 4 heteroatoms. The van der Waals surface area contributed by atoms with Crippen LogP contribution in [-0.2, 0) is 6.54 Å². The molecule has 4 aromatic carbocycles. The monoisotopic (exact) mass is 455 g/mol. The van der Waals surface area contributed by atoms with Crippen LogP contribution in [0.3, 0.4) is 0 Å². The number of fused-ring (bicyclic) bond motifs is 1. The van der Waals surface area contributed by atoms with Gasteiger partial charge in [0.15, 0.2) is 0 Å². The lowest BCUT2D eigenvalue weighted by Gasteiger charge is -2.15. The zero-order chi connectivity index (χ0) is 23.6. The Labute approximate surface area is 204 Å². The van der Waals surface area contributed by atoms with Crippen molar-refractivity contribution in [3.8, 4) is 33.8 Å². The van der Waals surface area contributed by atoms with E-state index in [4.69, 9.17) is 4.98 Å². The number of hydrogen-bond acceptors (Lipinski definition) is 2. The van der Waals surface area contributed by atoms with E-state index in [-0.39, 0.29) is 0 Å². The minimum absolute atomic E-state index is 0.393. The smallest absolute Gasteiger partial charge is 0.215 e. The van der Waals surface area contributed by atoms with E-state index < -0.39 is 6.10 Å². The van der Waals surface area contributed by atoms with E-state index in [9.17, 15) is 5.11 Å². The Morgan fingerprint density at radius 1 is 0.629 bits per heavy atom. The Hall–Kier alpha value is -4.41. The van der Waals surface area contributed by atoms with Crippen molar-refractivity contribution < 1.29 is 5.11 Å². The van der Waals surface area contributed by atoms with Gasteiger partial charge in [-0.25, -0.2) is 4.98 Å². The molecule has 0 aliphatic heterocycles. The molecule has 0 spiro atoms. The first-order valence-electron chi connectivity index (χ1n) is 11.8. The SMILES string of the molecule is O[C@H](Cn1c(-c2ccccc2)cn2c(-c3ccccc3)c(-c3ccccc3)nc12)c1ccccc1. The highest BCUT2D eigenvalue weighted by Crippen LogP contribution is 2.36. The number of imidazole rings is 2. The largest absolute Gasteiger partial charge is 0.387 e. The summed E-state index contributed by atoms with van der Waals surface area (Å²) in [5.74, 6) is 0.802. The molecule has 6 aromatic rings. The highest BCUT2D eigenvalue weighted by atomic mass is 16.3. The van der Waals surface area contributed by atoms with Crippen LogP contribution in [0.4, 0.5) is 0 Å². The summed E-state index contributed by atoms with van der Waals surface area (Å²) in [4.78, 5) is 5.17. The maximum Gasteiger partial charge on any atom is 0.215 e. The molecular formula is C31H25N3O. The van der Waals surface area contributed by atoms with Gasteiger partial charge in [0.1, 0.15) is 0 Å². The summed E-state index contributed by atoms with van der Waals surface area (Å²) < 4.78 is 4.30. The summed E-state index contributed by atoms with van der Waals surface area (Å²) in [6.07, 6.45) is 1.48. The average Bonchev–Trinajstić information content (AvgIpc) is 3.47. The van der Waals surface area contributed by atoms with Crippen molar-refractivity contribution in [1.29, 1.82) is 0 Å². The topological polar surface area (TPSA) is 42.5 Å². The molecule has 0 unspecified atom stereocenters. The molecule has 6 rings (SSSR count). The fourth-order valence-electron chi connectivity index (χ4n) is 4.68. The lowest BCUT2D eigenvalue weighted by atomic mass is 10.0. The van der Waals surface area contributed by atoms with Crippen LogP contribution < -0.4 is 0 Å². The van der Waals surface area contributed by atoms with E-state index >= 15 is 0 Å². The Morgan fingerprint density at radius 3 is 1.74 bits per heavy atom. The van der Waals surface area contributed by atoms with Gasteiger partial charge in [-0.15, -0.1) is 0 Å². The van der Waals surface area contributed by atoms with Gasteiger partial charge in [-0.3, -0.25) is 4.40 Å². The maximum atomic E-state index is 11.2. The molecule has 170 valence electrons. The molecule has 0 amide bonds. The first-order valence-corrected chi connectivity index (χ1v) is 11.8. The minimum Gasteiger partial charge on any atom is -0.387 e. The third-order valence-corrected chi connectivity index (χ3v) is 6.38. The highest BCUT2D eigenvalue weighted by molar-refractivity contribution is 5.82. The van der Waals surface area contributed by atoms with Gasteiger partial charge in [-0.05, 0) is 11.1 Å².